The summed E-state index contributed by atoms with van der Waals surface area (Å²) >= 11 is 6.09. The fraction of sp³-hybridized carbons (Fsp3) is 0.333. The Morgan fingerprint density at radius 1 is 1.00 bits per heavy atom. The zero-order valence-corrected chi connectivity index (χ0v) is 12.5. The third-order valence-electron chi connectivity index (χ3n) is 4.03. The van der Waals surface area contributed by atoms with Gasteiger partial charge in [-0.1, -0.05) is 54.1 Å². The Morgan fingerprint density at radius 2 is 1.70 bits per heavy atom. The molecule has 1 nitrogen and oxygen atoms in total. The van der Waals surface area contributed by atoms with Gasteiger partial charge in [0.15, 0.2) is 0 Å². The van der Waals surface area contributed by atoms with Crippen LogP contribution in [0, 0.1) is 5.92 Å². The van der Waals surface area contributed by atoms with Crippen molar-refractivity contribution in [2.45, 2.75) is 31.8 Å². The van der Waals surface area contributed by atoms with E-state index in [0.717, 1.165) is 10.9 Å². The van der Waals surface area contributed by atoms with Crippen LogP contribution in [0.3, 0.4) is 0 Å². The highest BCUT2D eigenvalue weighted by molar-refractivity contribution is 6.30. The van der Waals surface area contributed by atoms with Gasteiger partial charge in [0.2, 0.25) is 0 Å². The lowest BCUT2D eigenvalue weighted by Gasteiger charge is -2.24. The molecule has 0 saturated heterocycles. The molecule has 0 bridgehead atoms. The van der Waals surface area contributed by atoms with Crippen LogP contribution < -0.4 is 5.32 Å². The van der Waals surface area contributed by atoms with Gasteiger partial charge in [-0.3, -0.25) is 0 Å². The van der Waals surface area contributed by atoms with Crippen LogP contribution >= 0.6 is 11.6 Å². The molecule has 0 aromatic heterocycles. The monoisotopic (exact) mass is 285 g/mol. The predicted molar refractivity (Wildman–Crippen MR) is 84.9 cm³/mol. The normalized spacial score (nSPS) is 17.7. The molecule has 2 heteroatoms. The van der Waals surface area contributed by atoms with Gasteiger partial charge < -0.3 is 5.32 Å². The smallest absolute Gasteiger partial charge is 0.0409 e. The van der Waals surface area contributed by atoms with E-state index in [4.69, 9.17) is 11.6 Å². The van der Waals surface area contributed by atoms with Crippen LogP contribution in [0.15, 0.2) is 54.6 Å². The van der Waals surface area contributed by atoms with Crippen LogP contribution in [0.4, 0.5) is 0 Å². The standard InChI is InChI=1S/C18H20ClN/c1-13(16-8-5-9-17(19)12-16)20-18(15-10-11-15)14-6-3-2-4-7-14/h2-9,12-13,15,18,20H,10-11H2,1H3. The minimum absolute atomic E-state index is 0.305. The second-order valence-electron chi connectivity index (χ2n) is 5.67. The van der Waals surface area contributed by atoms with Crippen molar-refractivity contribution >= 4 is 11.6 Å². The number of hydrogen-bond donors (Lipinski definition) is 1. The van der Waals surface area contributed by atoms with E-state index in [9.17, 15) is 0 Å². The number of hydrogen-bond acceptors (Lipinski definition) is 1. The number of halogens is 1. The van der Waals surface area contributed by atoms with Gasteiger partial charge >= 0.3 is 0 Å². The quantitative estimate of drug-likeness (QED) is 0.802. The molecule has 0 spiro atoms. The van der Waals surface area contributed by atoms with Crippen molar-refractivity contribution in [3.8, 4) is 0 Å². The molecule has 2 aromatic rings. The van der Waals surface area contributed by atoms with Crippen LogP contribution in [0.2, 0.25) is 5.02 Å². The molecule has 3 rings (SSSR count). The molecule has 1 fully saturated rings. The van der Waals surface area contributed by atoms with Crippen LogP contribution in [0.5, 0.6) is 0 Å². The van der Waals surface area contributed by atoms with E-state index in [1.165, 1.54) is 24.0 Å². The van der Waals surface area contributed by atoms with Crippen molar-refractivity contribution < 1.29 is 0 Å². The molecule has 1 aliphatic carbocycles. The SMILES string of the molecule is CC(NC(c1ccccc1)C1CC1)c1cccc(Cl)c1. The molecular weight excluding hydrogens is 266 g/mol. The highest BCUT2D eigenvalue weighted by atomic mass is 35.5. The van der Waals surface area contributed by atoms with Gasteiger partial charge in [-0.25, -0.2) is 0 Å². The topological polar surface area (TPSA) is 12.0 Å². The Hall–Kier alpha value is -1.31. The summed E-state index contributed by atoms with van der Waals surface area (Å²) in [4.78, 5) is 0. The van der Waals surface area contributed by atoms with Crippen LogP contribution in [-0.4, -0.2) is 0 Å². The van der Waals surface area contributed by atoms with Gasteiger partial charge in [-0.2, -0.15) is 0 Å². The summed E-state index contributed by atoms with van der Waals surface area (Å²) in [5, 5.41) is 4.58. The minimum atomic E-state index is 0.305. The van der Waals surface area contributed by atoms with Gasteiger partial charge in [0, 0.05) is 17.1 Å². The van der Waals surface area contributed by atoms with Gasteiger partial charge in [0.1, 0.15) is 0 Å². The van der Waals surface area contributed by atoms with E-state index < -0.39 is 0 Å². The predicted octanol–water partition coefficient (Wildman–Crippen LogP) is 5.14. The van der Waals surface area contributed by atoms with Crippen molar-refractivity contribution in [1.29, 1.82) is 0 Å². The fourth-order valence-electron chi connectivity index (χ4n) is 2.74. The van der Waals surface area contributed by atoms with Crippen LogP contribution in [0.25, 0.3) is 0 Å². The number of nitrogens with one attached hydrogen (secondary N) is 1. The molecule has 0 radical (unpaired) electrons. The third kappa shape index (κ3) is 3.23. The molecule has 0 heterocycles. The van der Waals surface area contributed by atoms with E-state index in [1.807, 2.05) is 18.2 Å². The molecule has 2 aromatic carbocycles. The van der Waals surface area contributed by atoms with Gasteiger partial charge in [0.05, 0.1) is 0 Å². The van der Waals surface area contributed by atoms with Crippen molar-refractivity contribution in [1.82, 2.24) is 5.32 Å². The molecule has 104 valence electrons. The third-order valence-corrected chi connectivity index (χ3v) is 4.27. The first-order chi connectivity index (χ1) is 9.74. The van der Waals surface area contributed by atoms with Gasteiger partial charge in [-0.15, -0.1) is 0 Å². The Morgan fingerprint density at radius 3 is 2.35 bits per heavy atom. The average Bonchev–Trinajstić information content (AvgIpc) is 3.30. The summed E-state index contributed by atoms with van der Waals surface area (Å²) in [7, 11) is 0. The first kappa shape index (κ1) is 13.7. The molecule has 0 aliphatic heterocycles. The van der Waals surface area contributed by atoms with Gasteiger partial charge in [-0.05, 0) is 48.9 Å². The largest absolute Gasteiger partial charge is 0.303 e. The summed E-state index contributed by atoms with van der Waals surface area (Å²) in [6, 6.07) is 19.6. The van der Waals surface area contributed by atoms with Crippen LogP contribution in [-0.2, 0) is 0 Å². The fourth-order valence-corrected chi connectivity index (χ4v) is 2.93. The Kier molecular flexibility index (Phi) is 4.09. The second-order valence-corrected chi connectivity index (χ2v) is 6.11. The first-order valence-corrected chi connectivity index (χ1v) is 7.68. The van der Waals surface area contributed by atoms with E-state index in [1.54, 1.807) is 0 Å². The number of rotatable bonds is 5. The van der Waals surface area contributed by atoms with E-state index >= 15 is 0 Å². The Bertz CT molecular complexity index is 563. The molecular formula is C18H20ClN. The lowest BCUT2D eigenvalue weighted by Crippen LogP contribution is -2.26. The lowest BCUT2D eigenvalue weighted by atomic mass is 9.99. The first-order valence-electron chi connectivity index (χ1n) is 7.30. The maximum atomic E-state index is 6.09. The highest BCUT2D eigenvalue weighted by Crippen LogP contribution is 2.42. The lowest BCUT2D eigenvalue weighted by molar-refractivity contribution is 0.427. The van der Waals surface area contributed by atoms with Crippen LogP contribution in [0.1, 0.15) is 43.0 Å². The van der Waals surface area contributed by atoms with Crippen molar-refractivity contribution in [3.05, 3.63) is 70.7 Å². The van der Waals surface area contributed by atoms with Crippen molar-refractivity contribution in [3.63, 3.8) is 0 Å². The molecule has 1 saturated carbocycles. The zero-order chi connectivity index (χ0) is 13.9. The minimum Gasteiger partial charge on any atom is -0.303 e. The van der Waals surface area contributed by atoms with Crippen molar-refractivity contribution in [2.24, 2.45) is 5.92 Å². The maximum Gasteiger partial charge on any atom is 0.0409 e. The highest BCUT2D eigenvalue weighted by Gasteiger charge is 2.32. The molecule has 0 amide bonds. The summed E-state index contributed by atoms with van der Waals surface area (Å²) in [5.74, 6) is 0.777. The maximum absolute atomic E-state index is 6.09. The van der Waals surface area contributed by atoms with E-state index in [-0.39, 0.29) is 0 Å². The summed E-state index contributed by atoms with van der Waals surface area (Å²) < 4.78 is 0. The van der Waals surface area contributed by atoms with E-state index in [2.05, 4.69) is 48.6 Å². The zero-order valence-electron chi connectivity index (χ0n) is 11.7. The molecule has 2 atom stereocenters. The van der Waals surface area contributed by atoms with Gasteiger partial charge in [0.25, 0.3) is 0 Å². The Labute approximate surface area is 126 Å². The molecule has 1 aliphatic rings. The molecule has 1 N–H and O–H groups in total. The summed E-state index contributed by atoms with van der Waals surface area (Å²) in [5.41, 5.74) is 2.64. The number of benzene rings is 2. The second kappa shape index (κ2) is 5.99. The van der Waals surface area contributed by atoms with Crippen molar-refractivity contribution in [2.75, 3.05) is 0 Å². The summed E-state index contributed by atoms with van der Waals surface area (Å²) in [6.07, 6.45) is 2.66. The molecule has 2 unspecified atom stereocenters. The summed E-state index contributed by atoms with van der Waals surface area (Å²) in [6.45, 7) is 2.21. The average molecular weight is 286 g/mol. The molecule has 20 heavy (non-hydrogen) atoms. The Balaban J connectivity index is 1.77. The van der Waals surface area contributed by atoms with E-state index in [0.29, 0.717) is 12.1 Å².